The topological polar surface area (TPSA) is 63.8 Å². The number of anilines is 1. The number of nitrogens with two attached hydrogens (primary N) is 1. The molecule has 3 N–H and O–H groups in total. The Bertz CT molecular complexity index is 521. The van der Waals surface area contributed by atoms with Gasteiger partial charge in [0.1, 0.15) is 12.1 Å². The molecule has 0 saturated carbocycles. The third-order valence-electron chi connectivity index (χ3n) is 4.11. The Labute approximate surface area is 114 Å². The second-order valence-corrected chi connectivity index (χ2v) is 5.00. The molecule has 0 aliphatic rings. The summed E-state index contributed by atoms with van der Waals surface area (Å²) in [5.74, 6) is 0.894. The zero-order valence-corrected chi connectivity index (χ0v) is 11.7. The van der Waals surface area contributed by atoms with E-state index in [1.807, 2.05) is 24.3 Å². The predicted molar refractivity (Wildman–Crippen MR) is 80.1 cm³/mol. The van der Waals surface area contributed by atoms with E-state index >= 15 is 0 Å². The lowest BCUT2D eigenvalue weighted by molar-refractivity contribution is 0.294. The van der Waals surface area contributed by atoms with Gasteiger partial charge >= 0.3 is 0 Å². The van der Waals surface area contributed by atoms with Gasteiger partial charge in [0.25, 0.3) is 0 Å². The number of para-hydroxylation sites is 1. The first-order valence-corrected chi connectivity index (χ1v) is 6.88. The molecule has 4 nitrogen and oxygen atoms in total. The van der Waals surface area contributed by atoms with E-state index < -0.39 is 0 Å². The first kappa shape index (κ1) is 13.7. The standard InChI is InChI=1S/C15H22N4/c1-3-15(4-2,9-16)10-17-14-12-7-5-6-8-13(12)18-11-19-14/h5-8,11H,3-4,9-10,16H2,1-2H3,(H,17,18,19). The first-order valence-electron chi connectivity index (χ1n) is 6.88. The van der Waals surface area contributed by atoms with E-state index in [4.69, 9.17) is 5.73 Å². The molecule has 1 aromatic carbocycles. The van der Waals surface area contributed by atoms with Crippen molar-refractivity contribution in [1.82, 2.24) is 9.97 Å². The fourth-order valence-electron chi connectivity index (χ4n) is 2.28. The third kappa shape index (κ3) is 2.84. The normalized spacial score (nSPS) is 11.7. The summed E-state index contributed by atoms with van der Waals surface area (Å²) in [6.45, 7) is 5.92. The van der Waals surface area contributed by atoms with Crippen LogP contribution in [0.5, 0.6) is 0 Å². The summed E-state index contributed by atoms with van der Waals surface area (Å²) in [7, 11) is 0. The molecule has 0 aliphatic heterocycles. The van der Waals surface area contributed by atoms with Crippen LogP contribution in [0.4, 0.5) is 5.82 Å². The summed E-state index contributed by atoms with van der Waals surface area (Å²) >= 11 is 0. The number of fused-ring (bicyclic) bond motifs is 1. The highest BCUT2D eigenvalue weighted by Gasteiger charge is 2.24. The average molecular weight is 258 g/mol. The summed E-state index contributed by atoms with van der Waals surface area (Å²) < 4.78 is 0. The highest BCUT2D eigenvalue weighted by Crippen LogP contribution is 2.26. The third-order valence-corrected chi connectivity index (χ3v) is 4.11. The van der Waals surface area contributed by atoms with Gasteiger partial charge < -0.3 is 11.1 Å². The number of rotatable bonds is 6. The van der Waals surface area contributed by atoms with Gasteiger partial charge in [0.15, 0.2) is 0 Å². The monoisotopic (exact) mass is 258 g/mol. The molecule has 0 bridgehead atoms. The summed E-state index contributed by atoms with van der Waals surface area (Å²) in [5.41, 5.74) is 7.04. The maximum Gasteiger partial charge on any atom is 0.137 e. The molecule has 1 heterocycles. The van der Waals surface area contributed by atoms with Crippen molar-refractivity contribution in [3.63, 3.8) is 0 Å². The maximum absolute atomic E-state index is 5.93. The van der Waals surface area contributed by atoms with Gasteiger partial charge in [-0.05, 0) is 36.9 Å². The minimum Gasteiger partial charge on any atom is -0.369 e. The Kier molecular flexibility index (Phi) is 4.32. The van der Waals surface area contributed by atoms with Crippen LogP contribution in [-0.4, -0.2) is 23.1 Å². The van der Waals surface area contributed by atoms with Crippen LogP contribution in [0.3, 0.4) is 0 Å². The summed E-state index contributed by atoms with van der Waals surface area (Å²) in [5, 5.41) is 4.51. The van der Waals surface area contributed by atoms with Crippen molar-refractivity contribution in [2.75, 3.05) is 18.4 Å². The predicted octanol–water partition coefficient (Wildman–Crippen LogP) is 2.81. The molecule has 0 amide bonds. The lowest BCUT2D eigenvalue weighted by atomic mass is 9.82. The van der Waals surface area contributed by atoms with Crippen LogP contribution in [0.25, 0.3) is 10.9 Å². The van der Waals surface area contributed by atoms with E-state index in [0.29, 0.717) is 6.54 Å². The fourth-order valence-corrected chi connectivity index (χ4v) is 2.28. The number of nitrogens with zero attached hydrogens (tertiary/aromatic N) is 2. The molecule has 0 unspecified atom stereocenters. The minimum absolute atomic E-state index is 0.145. The van der Waals surface area contributed by atoms with Gasteiger partial charge in [0.2, 0.25) is 0 Å². The first-order chi connectivity index (χ1) is 9.24. The zero-order valence-electron chi connectivity index (χ0n) is 11.7. The number of aromatic nitrogens is 2. The molecular weight excluding hydrogens is 236 g/mol. The molecule has 2 aromatic rings. The van der Waals surface area contributed by atoms with Gasteiger partial charge in [-0.25, -0.2) is 9.97 Å². The Hall–Kier alpha value is -1.68. The van der Waals surface area contributed by atoms with Crippen LogP contribution in [-0.2, 0) is 0 Å². The molecule has 0 spiro atoms. The van der Waals surface area contributed by atoms with Crippen molar-refractivity contribution in [2.24, 2.45) is 11.1 Å². The Morgan fingerprint density at radius 1 is 1.16 bits per heavy atom. The molecule has 102 valence electrons. The van der Waals surface area contributed by atoms with Gasteiger partial charge in [-0.1, -0.05) is 26.0 Å². The van der Waals surface area contributed by atoms with Crippen LogP contribution >= 0.6 is 0 Å². The number of benzene rings is 1. The van der Waals surface area contributed by atoms with Crippen molar-refractivity contribution >= 4 is 16.7 Å². The Morgan fingerprint density at radius 3 is 2.58 bits per heavy atom. The van der Waals surface area contributed by atoms with Crippen molar-refractivity contribution in [2.45, 2.75) is 26.7 Å². The molecule has 4 heteroatoms. The lowest BCUT2D eigenvalue weighted by Gasteiger charge is -2.30. The van der Waals surface area contributed by atoms with Gasteiger partial charge in [0.05, 0.1) is 5.52 Å². The quantitative estimate of drug-likeness (QED) is 0.836. The molecule has 1 aromatic heterocycles. The van der Waals surface area contributed by atoms with Gasteiger partial charge in [-0.2, -0.15) is 0 Å². The van der Waals surface area contributed by atoms with Crippen LogP contribution < -0.4 is 11.1 Å². The van der Waals surface area contributed by atoms with Crippen LogP contribution in [0, 0.1) is 5.41 Å². The minimum atomic E-state index is 0.145. The van der Waals surface area contributed by atoms with Crippen molar-refractivity contribution in [3.8, 4) is 0 Å². The maximum atomic E-state index is 5.93. The summed E-state index contributed by atoms with van der Waals surface area (Å²) in [6, 6.07) is 8.03. The largest absolute Gasteiger partial charge is 0.369 e. The fraction of sp³-hybridized carbons (Fsp3) is 0.467. The SMILES string of the molecule is CCC(CC)(CN)CNc1ncnc2ccccc12. The molecule has 19 heavy (non-hydrogen) atoms. The van der Waals surface area contributed by atoms with Gasteiger partial charge in [0, 0.05) is 11.9 Å². The van der Waals surface area contributed by atoms with E-state index in [2.05, 4.69) is 29.1 Å². The molecule has 2 rings (SSSR count). The van der Waals surface area contributed by atoms with E-state index in [9.17, 15) is 0 Å². The Morgan fingerprint density at radius 2 is 1.89 bits per heavy atom. The lowest BCUT2D eigenvalue weighted by Crippen LogP contribution is -2.36. The van der Waals surface area contributed by atoms with E-state index in [1.165, 1.54) is 0 Å². The summed E-state index contributed by atoms with van der Waals surface area (Å²) in [6.07, 6.45) is 3.73. The van der Waals surface area contributed by atoms with E-state index in [0.717, 1.165) is 36.1 Å². The van der Waals surface area contributed by atoms with E-state index in [1.54, 1.807) is 6.33 Å². The molecule has 0 radical (unpaired) electrons. The average Bonchev–Trinajstić information content (AvgIpc) is 2.49. The highest BCUT2D eigenvalue weighted by atomic mass is 15.0. The molecule has 0 saturated heterocycles. The van der Waals surface area contributed by atoms with E-state index in [-0.39, 0.29) is 5.41 Å². The van der Waals surface area contributed by atoms with Crippen LogP contribution in [0.15, 0.2) is 30.6 Å². The van der Waals surface area contributed by atoms with Crippen LogP contribution in [0.2, 0.25) is 0 Å². The zero-order chi connectivity index (χ0) is 13.7. The summed E-state index contributed by atoms with van der Waals surface area (Å²) in [4.78, 5) is 8.62. The molecule has 0 atom stereocenters. The second kappa shape index (κ2) is 5.97. The molecule has 0 aliphatic carbocycles. The van der Waals surface area contributed by atoms with Crippen molar-refractivity contribution in [3.05, 3.63) is 30.6 Å². The van der Waals surface area contributed by atoms with Crippen molar-refractivity contribution < 1.29 is 0 Å². The number of hydrogen-bond acceptors (Lipinski definition) is 4. The smallest absolute Gasteiger partial charge is 0.137 e. The Balaban J connectivity index is 2.22. The number of nitrogens with one attached hydrogen (secondary N) is 1. The van der Waals surface area contributed by atoms with Gasteiger partial charge in [-0.3, -0.25) is 0 Å². The second-order valence-electron chi connectivity index (χ2n) is 5.00. The van der Waals surface area contributed by atoms with Crippen LogP contribution in [0.1, 0.15) is 26.7 Å². The van der Waals surface area contributed by atoms with Crippen molar-refractivity contribution in [1.29, 1.82) is 0 Å². The highest BCUT2D eigenvalue weighted by molar-refractivity contribution is 5.88. The molecule has 0 fully saturated rings. The number of hydrogen-bond donors (Lipinski definition) is 2. The molecular formula is C15H22N4. The van der Waals surface area contributed by atoms with Gasteiger partial charge in [-0.15, -0.1) is 0 Å².